The largest absolute Gasteiger partial charge is 0.493 e. The van der Waals surface area contributed by atoms with Gasteiger partial charge in [-0.15, -0.1) is 0 Å². The molecule has 0 radical (unpaired) electrons. The summed E-state index contributed by atoms with van der Waals surface area (Å²) in [7, 11) is 0. The second-order valence-electron chi connectivity index (χ2n) is 4.22. The van der Waals surface area contributed by atoms with E-state index in [1.807, 2.05) is 13.0 Å². The van der Waals surface area contributed by atoms with E-state index in [9.17, 15) is 0 Å². The lowest BCUT2D eigenvalue weighted by Gasteiger charge is -2.15. The summed E-state index contributed by atoms with van der Waals surface area (Å²) in [6, 6.07) is 6.36. The van der Waals surface area contributed by atoms with Crippen LogP contribution in [0.15, 0.2) is 18.2 Å². The average Bonchev–Trinajstić information content (AvgIpc) is 2.29. The Kier molecular flexibility index (Phi) is 5.33. The van der Waals surface area contributed by atoms with E-state index in [4.69, 9.17) is 10.5 Å². The number of benzene rings is 1. The molecule has 0 aliphatic heterocycles. The third kappa shape index (κ3) is 3.53. The van der Waals surface area contributed by atoms with Gasteiger partial charge in [0, 0.05) is 11.6 Å². The Balaban J connectivity index is 2.81. The van der Waals surface area contributed by atoms with Gasteiger partial charge >= 0.3 is 0 Å². The Labute approximate surface area is 98.8 Å². The summed E-state index contributed by atoms with van der Waals surface area (Å²) >= 11 is 0. The van der Waals surface area contributed by atoms with Gasteiger partial charge in [-0.1, -0.05) is 32.4 Å². The quantitative estimate of drug-likeness (QED) is 0.747. The van der Waals surface area contributed by atoms with E-state index in [0.717, 1.165) is 37.2 Å². The summed E-state index contributed by atoms with van der Waals surface area (Å²) in [5, 5.41) is 0. The SMILES string of the molecule is CCCCOc1ccc(CC)cc1C(C)N. The van der Waals surface area contributed by atoms with Crippen molar-refractivity contribution in [1.82, 2.24) is 0 Å². The van der Waals surface area contributed by atoms with Crippen molar-refractivity contribution in [3.05, 3.63) is 29.3 Å². The molecule has 16 heavy (non-hydrogen) atoms. The first-order valence-electron chi connectivity index (χ1n) is 6.20. The van der Waals surface area contributed by atoms with Crippen molar-refractivity contribution in [1.29, 1.82) is 0 Å². The van der Waals surface area contributed by atoms with Gasteiger partial charge in [0.25, 0.3) is 0 Å². The van der Waals surface area contributed by atoms with Crippen molar-refractivity contribution in [2.45, 2.75) is 46.1 Å². The lowest BCUT2D eigenvalue weighted by atomic mass is 10.0. The summed E-state index contributed by atoms with van der Waals surface area (Å²) in [5.74, 6) is 0.945. The van der Waals surface area contributed by atoms with Gasteiger partial charge in [-0.05, 0) is 31.4 Å². The smallest absolute Gasteiger partial charge is 0.124 e. The molecule has 1 rings (SSSR count). The molecule has 0 amide bonds. The van der Waals surface area contributed by atoms with Gasteiger partial charge in [0.15, 0.2) is 0 Å². The number of ether oxygens (including phenoxy) is 1. The molecule has 0 aliphatic rings. The van der Waals surface area contributed by atoms with Crippen molar-refractivity contribution in [2.24, 2.45) is 5.73 Å². The van der Waals surface area contributed by atoms with Crippen LogP contribution in [0.1, 0.15) is 50.8 Å². The zero-order valence-electron chi connectivity index (χ0n) is 10.6. The molecule has 0 aliphatic carbocycles. The van der Waals surface area contributed by atoms with Crippen LogP contribution in [-0.2, 0) is 6.42 Å². The highest BCUT2D eigenvalue weighted by molar-refractivity contribution is 5.39. The molecular weight excluding hydrogens is 198 g/mol. The summed E-state index contributed by atoms with van der Waals surface area (Å²) in [4.78, 5) is 0. The van der Waals surface area contributed by atoms with Gasteiger partial charge in [0.2, 0.25) is 0 Å². The minimum absolute atomic E-state index is 0.0307. The third-order valence-corrected chi connectivity index (χ3v) is 2.73. The van der Waals surface area contributed by atoms with Crippen LogP contribution >= 0.6 is 0 Å². The maximum Gasteiger partial charge on any atom is 0.124 e. The number of aryl methyl sites for hydroxylation is 1. The van der Waals surface area contributed by atoms with Crippen LogP contribution in [0, 0.1) is 0 Å². The highest BCUT2D eigenvalue weighted by Crippen LogP contribution is 2.25. The van der Waals surface area contributed by atoms with Crippen molar-refractivity contribution in [3.8, 4) is 5.75 Å². The molecular formula is C14H23NO. The van der Waals surface area contributed by atoms with E-state index < -0.39 is 0 Å². The van der Waals surface area contributed by atoms with Crippen LogP contribution in [0.3, 0.4) is 0 Å². The molecule has 1 aromatic rings. The van der Waals surface area contributed by atoms with Gasteiger partial charge in [0.1, 0.15) is 5.75 Å². The summed E-state index contributed by atoms with van der Waals surface area (Å²) in [5.41, 5.74) is 8.40. The van der Waals surface area contributed by atoms with Crippen molar-refractivity contribution < 1.29 is 4.74 Å². The second kappa shape index (κ2) is 6.54. The van der Waals surface area contributed by atoms with Crippen LogP contribution in [-0.4, -0.2) is 6.61 Å². The highest BCUT2D eigenvalue weighted by atomic mass is 16.5. The average molecular weight is 221 g/mol. The first-order valence-corrected chi connectivity index (χ1v) is 6.20. The molecule has 0 spiro atoms. The zero-order valence-corrected chi connectivity index (χ0v) is 10.6. The molecule has 1 aromatic carbocycles. The second-order valence-corrected chi connectivity index (χ2v) is 4.22. The maximum absolute atomic E-state index is 5.96. The minimum atomic E-state index is 0.0307. The third-order valence-electron chi connectivity index (χ3n) is 2.73. The molecule has 2 heteroatoms. The Morgan fingerprint density at radius 2 is 2.06 bits per heavy atom. The van der Waals surface area contributed by atoms with Gasteiger partial charge in [0.05, 0.1) is 6.61 Å². The molecule has 0 bridgehead atoms. The summed E-state index contributed by atoms with van der Waals surface area (Å²) < 4.78 is 5.76. The molecule has 2 N–H and O–H groups in total. The number of rotatable bonds is 6. The molecule has 0 fully saturated rings. The normalized spacial score (nSPS) is 12.5. The number of hydrogen-bond acceptors (Lipinski definition) is 2. The molecule has 0 saturated heterocycles. The van der Waals surface area contributed by atoms with Crippen molar-refractivity contribution >= 4 is 0 Å². The Hall–Kier alpha value is -1.02. The minimum Gasteiger partial charge on any atom is -0.493 e. The lowest BCUT2D eigenvalue weighted by molar-refractivity contribution is 0.305. The molecule has 1 atom stereocenters. The molecule has 1 unspecified atom stereocenters. The molecule has 0 aromatic heterocycles. The fraction of sp³-hybridized carbons (Fsp3) is 0.571. The number of hydrogen-bond donors (Lipinski definition) is 1. The van der Waals surface area contributed by atoms with E-state index in [1.54, 1.807) is 0 Å². The molecule has 90 valence electrons. The van der Waals surface area contributed by atoms with E-state index in [-0.39, 0.29) is 6.04 Å². The molecule has 2 nitrogen and oxygen atoms in total. The molecule has 0 heterocycles. The Morgan fingerprint density at radius 3 is 2.62 bits per heavy atom. The zero-order chi connectivity index (χ0) is 12.0. The molecule has 0 saturated carbocycles. The van der Waals surface area contributed by atoms with Gasteiger partial charge in [-0.2, -0.15) is 0 Å². The van der Waals surface area contributed by atoms with Crippen molar-refractivity contribution in [2.75, 3.05) is 6.61 Å². The Morgan fingerprint density at radius 1 is 1.31 bits per heavy atom. The van der Waals surface area contributed by atoms with Gasteiger partial charge in [-0.25, -0.2) is 0 Å². The fourth-order valence-electron chi connectivity index (χ4n) is 1.63. The standard InChI is InChI=1S/C14H23NO/c1-4-6-9-16-14-8-7-12(5-2)10-13(14)11(3)15/h7-8,10-11H,4-6,9,15H2,1-3H3. The number of nitrogens with two attached hydrogens (primary N) is 1. The summed E-state index contributed by atoms with van der Waals surface area (Å²) in [6.45, 7) is 7.09. The monoisotopic (exact) mass is 221 g/mol. The topological polar surface area (TPSA) is 35.2 Å². The maximum atomic E-state index is 5.96. The predicted octanol–water partition coefficient (Wildman–Crippen LogP) is 3.45. The van der Waals surface area contributed by atoms with Crippen LogP contribution in [0.2, 0.25) is 0 Å². The summed E-state index contributed by atoms with van der Waals surface area (Å²) in [6.07, 6.45) is 3.28. The van der Waals surface area contributed by atoms with Gasteiger partial charge in [-0.3, -0.25) is 0 Å². The first-order chi connectivity index (χ1) is 7.69. The van der Waals surface area contributed by atoms with E-state index >= 15 is 0 Å². The predicted molar refractivity (Wildman–Crippen MR) is 68.8 cm³/mol. The van der Waals surface area contributed by atoms with Crippen LogP contribution in [0.5, 0.6) is 5.75 Å². The van der Waals surface area contributed by atoms with Crippen LogP contribution in [0.4, 0.5) is 0 Å². The fourth-order valence-corrected chi connectivity index (χ4v) is 1.63. The van der Waals surface area contributed by atoms with Crippen molar-refractivity contribution in [3.63, 3.8) is 0 Å². The first kappa shape index (κ1) is 13.0. The van der Waals surface area contributed by atoms with Crippen LogP contribution < -0.4 is 10.5 Å². The van der Waals surface area contributed by atoms with Crippen LogP contribution in [0.25, 0.3) is 0 Å². The van der Waals surface area contributed by atoms with E-state index in [2.05, 4.69) is 26.0 Å². The van der Waals surface area contributed by atoms with E-state index in [0.29, 0.717) is 0 Å². The lowest BCUT2D eigenvalue weighted by Crippen LogP contribution is -2.09. The Bertz CT molecular complexity index is 321. The van der Waals surface area contributed by atoms with E-state index in [1.165, 1.54) is 5.56 Å². The number of unbranched alkanes of at least 4 members (excludes halogenated alkanes) is 1. The highest BCUT2D eigenvalue weighted by Gasteiger charge is 2.08. The van der Waals surface area contributed by atoms with Gasteiger partial charge < -0.3 is 10.5 Å².